The molecule has 2 aromatic rings. The van der Waals surface area contributed by atoms with Gasteiger partial charge in [-0.15, -0.1) is 0 Å². The second kappa shape index (κ2) is 9.22. The molecule has 0 bridgehead atoms. The van der Waals surface area contributed by atoms with Crippen LogP contribution in [-0.2, 0) is 21.4 Å². The van der Waals surface area contributed by atoms with E-state index >= 15 is 0 Å². The van der Waals surface area contributed by atoms with Crippen LogP contribution < -0.4 is 10.9 Å². The van der Waals surface area contributed by atoms with E-state index < -0.39 is 21.5 Å². The van der Waals surface area contributed by atoms with E-state index in [1.54, 1.807) is 13.8 Å². The van der Waals surface area contributed by atoms with Crippen molar-refractivity contribution < 1.29 is 13.2 Å². The highest BCUT2D eigenvalue weighted by Crippen LogP contribution is 2.27. The van der Waals surface area contributed by atoms with E-state index in [0.717, 1.165) is 11.1 Å². The maximum Gasteiger partial charge on any atom is 0.285 e. The Labute approximate surface area is 187 Å². The smallest absolute Gasteiger partial charge is 0.285 e. The number of sulfonamides is 1. The Morgan fingerprint density at radius 2 is 1.78 bits per heavy atom. The summed E-state index contributed by atoms with van der Waals surface area (Å²) in [6.07, 6.45) is 1.01. The lowest BCUT2D eigenvalue weighted by Gasteiger charge is -2.34. The zero-order chi connectivity index (χ0) is 23.6. The second-order valence-corrected chi connectivity index (χ2v) is 10.4. The summed E-state index contributed by atoms with van der Waals surface area (Å²) in [6.45, 7) is 8.01. The second-order valence-electron chi connectivity index (χ2n) is 8.50. The van der Waals surface area contributed by atoms with Crippen molar-refractivity contribution in [2.45, 2.75) is 45.6 Å². The normalized spacial score (nSPS) is 19.3. The van der Waals surface area contributed by atoms with Gasteiger partial charge in [-0.3, -0.25) is 9.59 Å². The number of piperidine rings is 1. The molecule has 1 fully saturated rings. The topological polar surface area (TPSA) is 125 Å². The lowest BCUT2D eigenvalue weighted by atomic mass is 9.94. The third-order valence-corrected chi connectivity index (χ3v) is 7.50. The molecule has 1 N–H and O–H groups in total. The number of rotatable bonds is 5. The summed E-state index contributed by atoms with van der Waals surface area (Å²) in [6, 6.07) is 7.80. The van der Waals surface area contributed by atoms with Crippen LogP contribution in [0.5, 0.6) is 0 Å². The molecule has 0 aliphatic carbocycles. The molecule has 1 aromatic heterocycles. The summed E-state index contributed by atoms with van der Waals surface area (Å²) in [5, 5.41) is 15.9. The van der Waals surface area contributed by atoms with Gasteiger partial charge in [0.05, 0.1) is 10.6 Å². The lowest BCUT2D eigenvalue weighted by molar-refractivity contribution is -0.117. The number of nitrogens with zero attached hydrogens (tertiary/aromatic N) is 4. The number of carbonyl (C=O) groups is 1. The molecule has 2 heterocycles. The Hall–Kier alpha value is -3.03. The van der Waals surface area contributed by atoms with E-state index in [2.05, 4.69) is 10.4 Å². The van der Waals surface area contributed by atoms with Crippen LogP contribution in [0.1, 0.15) is 37.1 Å². The molecule has 0 spiro atoms. The van der Waals surface area contributed by atoms with E-state index in [1.165, 1.54) is 28.6 Å². The number of nitriles is 1. The molecule has 170 valence electrons. The summed E-state index contributed by atoms with van der Waals surface area (Å²) in [5.41, 5.74) is 0.707. The molecule has 32 heavy (non-hydrogen) atoms. The minimum absolute atomic E-state index is 0.0405. The van der Waals surface area contributed by atoms with Gasteiger partial charge in [0.1, 0.15) is 18.2 Å². The number of hydrogen-bond acceptors (Lipinski definition) is 6. The Bertz CT molecular complexity index is 1220. The number of benzene rings is 1. The number of nitrogens with one attached hydrogen (secondary N) is 1. The standard InChI is InChI=1S/C22H27N5O4S/c1-14-9-15(2)12-26(11-14)32(30,31)19-7-5-18(6-8-19)24-21(28)13-27-22(29)20(10-23)16(3)17(4)25-27/h5-8,14-15H,9,11-13H2,1-4H3,(H,24,28)/t14-,15-/m0/s1. The highest BCUT2D eigenvalue weighted by molar-refractivity contribution is 7.89. The van der Waals surface area contributed by atoms with E-state index in [1.807, 2.05) is 19.9 Å². The van der Waals surface area contributed by atoms with Gasteiger partial charge in [0.2, 0.25) is 15.9 Å². The molecular weight excluding hydrogens is 430 g/mol. The van der Waals surface area contributed by atoms with Gasteiger partial charge in [0.25, 0.3) is 5.56 Å². The summed E-state index contributed by atoms with van der Waals surface area (Å²) < 4.78 is 28.4. The number of aryl methyl sites for hydroxylation is 1. The largest absolute Gasteiger partial charge is 0.324 e. The fraction of sp³-hybridized carbons (Fsp3) is 0.455. The van der Waals surface area contributed by atoms with Gasteiger partial charge >= 0.3 is 0 Å². The molecule has 1 aliphatic heterocycles. The SMILES string of the molecule is Cc1nn(CC(=O)Nc2ccc(S(=O)(=O)N3C[C@@H](C)C[C@H](C)C3)cc2)c(=O)c(C#N)c1C. The zero-order valence-corrected chi connectivity index (χ0v) is 19.4. The Kier molecular flexibility index (Phi) is 6.81. The first-order chi connectivity index (χ1) is 15.0. The van der Waals surface area contributed by atoms with Crippen molar-refractivity contribution in [2.24, 2.45) is 11.8 Å². The molecular formula is C22H27N5O4S. The number of carbonyl (C=O) groups excluding carboxylic acids is 1. The van der Waals surface area contributed by atoms with Crippen LogP contribution in [0.2, 0.25) is 0 Å². The molecule has 1 aliphatic rings. The predicted molar refractivity (Wildman–Crippen MR) is 119 cm³/mol. The number of aromatic nitrogens is 2. The van der Waals surface area contributed by atoms with E-state index in [0.29, 0.717) is 41.9 Å². The van der Waals surface area contributed by atoms with Crippen LogP contribution in [0.15, 0.2) is 34.0 Å². The summed E-state index contributed by atoms with van der Waals surface area (Å²) in [4.78, 5) is 24.9. The van der Waals surface area contributed by atoms with Crippen LogP contribution in [-0.4, -0.2) is 41.5 Å². The third-order valence-electron chi connectivity index (χ3n) is 5.65. The number of hydrogen-bond donors (Lipinski definition) is 1. The average Bonchev–Trinajstić information content (AvgIpc) is 2.72. The van der Waals surface area contributed by atoms with Gasteiger partial charge < -0.3 is 5.32 Å². The van der Waals surface area contributed by atoms with Crippen LogP contribution in [0.3, 0.4) is 0 Å². The highest BCUT2D eigenvalue weighted by Gasteiger charge is 2.31. The number of anilines is 1. The monoisotopic (exact) mass is 457 g/mol. The number of amides is 1. The van der Waals surface area contributed by atoms with Crippen LogP contribution in [0.4, 0.5) is 5.69 Å². The fourth-order valence-electron chi connectivity index (χ4n) is 4.01. The summed E-state index contributed by atoms with van der Waals surface area (Å²) >= 11 is 0. The molecule has 0 radical (unpaired) electrons. The molecule has 0 unspecified atom stereocenters. The van der Waals surface area contributed by atoms with Crippen molar-refractivity contribution in [2.75, 3.05) is 18.4 Å². The van der Waals surface area contributed by atoms with Gasteiger partial charge in [0, 0.05) is 18.8 Å². The molecule has 9 nitrogen and oxygen atoms in total. The van der Waals surface area contributed by atoms with E-state index in [4.69, 9.17) is 0 Å². The fourth-order valence-corrected chi connectivity index (χ4v) is 5.69. The summed E-state index contributed by atoms with van der Waals surface area (Å²) in [7, 11) is -3.61. The Morgan fingerprint density at radius 3 is 2.34 bits per heavy atom. The van der Waals surface area contributed by atoms with Gasteiger partial charge in [-0.1, -0.05) is 13.8 Å². The molecule has 1 saturated heterocycles. The molecule has 10 heteroatoms. The zero-order valence-electron chi connectivity index (χ0n) is 18.6. The van der Waals surface area contributed by atoms with E-state index in [-0.39, 0.29) is 17.0 Å². The Balaban J connectivity index is 1.73. The van der Waals surface area contributed by atoms with Gasteiger partial charge in [-0.05, 0) is 61.9 Å². The van der Waals surface area contributed by atoms with Crippen LogP contribution in [0.25, 0.3) is 0 Å². The first-order valence-electron chi connectivity index (χ1n) is 10.4. The summed E-state index contributed by atoms with van der Waals surface area (Å²) in [5.74, 6) is 0.0909. The van der Waals surface area contributed by atoms with Crippen molar-refractivity contribution in [1.82, 2.24) is 14.1 Å². The van der Waals surface area contributed by atoms with Gasteiger partial charge in [-0.2, -0.15) is 14.7 Å². The molecule has 0 saturated carbocycles. The van der Waals surface area contributed by atoms with Gasteiger partial charge in [0.15, 0.2) is 0 Å². The van der Waals surface area contributed by atoms with Gasteiger partial charge in [-0.25, -0.2) is 13.1 Å². The quantitative estimate of drug-likeness (QED) is 0.732. The minimum atomic E-state index is -3.61. The van der Waals surface area contributed by atoms with Crippen LogP contribution in [0, 0.1) is 37.0 Å². The Morgan fingerprint density at radius 1 is 1.19 bits per heavy atom. The first kappa shape index (κ1) is 23.6. The first-order valence-corrected chi connectivity index (χ1v) is 11.9. The maximum atomic E-state index is 13.0. The maximum absolute atomic E-state index is 13.0. The van der Waals surface area contributed by atoms with Crippen molar-refractivity contribution in [3.63, 3.8) is 0 Å². The van der Waals surface area contributed by atoms with Crippen molar-refractivity contribution in [1.29, 1.82) is 5.26 Å². The van der Waals surface area contributed by atoms with Crippen molar-refractivity contribution in [3.05, 3.63) is 51.4 Å². The lowest BCUT2D eigenvalue weighted by Crippen LogP contribution is -2.42. The van der Waals surface area contributed by atoms with Crippen molar-refractivity contribution >= 4 is 21.6 Å². The van der Waals surface area contributed by atoms with E-state index in [9.17, 15) is 23.3 Å². The third kappa shape index (κ3) is 4.89. The van der Waals surface area contributed by atoms with Crippen molar-refractivity contribution in [3.8, 4) is 6.07 Å². The van der Waals surface area contributed by atoms with Crippen LogP contribution >= 0.6 is 0 Å². The predicted octanol–water partition coefficient (Wildman–Crippen LogP) is 2.04. The minimum Gasteiger partial charge on any atom is -0.324 e. The average molecular weight is 458 g/mol. The molecule has 2 atom stereocenters. The molecule has 1 amide bonds. The molecule has 3 rings (SSSR count). The highest BCUT2D eigenvalue weighted by atomic mass is 32.2. The molecule has 1 aromatic carbocycles.